The third kappa shape index (κ3) is 66.7. The topological polar surface area (TPSA) is 203 Å². The van der Waals surface area contributed by atoms with E-state index in [9.17, 15) is 4.79 Å². The number of nitrogens with two attached hydrogens (primary N) is 1. The third-order valence-corrected chi connectivity index (χ3v) is 1.71. The van der Waals surface area contributed by atoms with E-state index in [2.05, 4.69) is 9.47 Å². The van der Waals surface area contributed by atoms with Crippen molar-refractivity contribution >= 4 is 5.97 Å². The first-order chi connectivity index (χ1) is 12.0. The number of carboxylic acid groups (broad SMARTS) is 1. The molecule has 0 aromatic rings. The largest absolute Gasteiger partial charge is 0.479 e. The Hall–Kier alpha value is -0.176. The van der Waals surface area contributed by atoms with Crippen LogP contribution >= 0.6 is 0 Å². The average molecular weight is 439 g/mol. The van der Waals surface area contributed by atoms with Crippen LogP contribution in [0.2, 0.25) is 0 Å². The minimum absolute atomic E-state index is 0. The molecule has 166 valence electrons. The molecule has 0 bridgehead atoms. The van der Waals surface area contributed by atoms with Gasteiger partial charge in [-0.3, -0.25) is 0 Å². The van der Waals surface area contributed by atoms with Gasteiger partial charge < -0.3 is 51.0 Å². The summed E-state index contributed by atoms with van der Waals surface area (Å²) < 4.78 is 9.26. The fraction of sp³-hybridized carbons (Fsp3) is 0.933. The van der Waals surface area contributed by atoms with Crippen molar-refractivity contribution in [3.63, 3.8) is 0 Å². The van der Waals surface area contributed by atoms with Crippen LogP contribution in [0.4, 0.5) is 0 Å². The van der Waals surface area contributed by atoms with E-state index >= 15 is 0 Å². The third-order valence-electron chi connectivity index (χ3n) is 1.71. The van der Waals surface area contributed by atoms with Gasteiger partial charge in [0.25, 0.3) is 0 Å². The van der Waals surface area contributed by atoms with Gasteiger partial charge >= 0.3 is 5.97 Å². The number of aliphatic hydroxyl groups excluding tert-OH is 6. The molecule has 0 saturated carbocycles. The number of ether oxygens (including phenoxy) is 2. The Morgan fingerprint density at radius 3 is 1.15 bits per heavy atom. The summed E-state index contributed by atoms with van der Waals surface area (Å²) in [6.45, 7) is 6.18. The number of carbonyl (C=O) groups is 1. The summed E-state index contributed by atoms with van der Waals surface area (Å²) in [6.07, 6.45) is -1.23. The van der Waals surface area contributed by atoms with Gasteiger partial charge in [-0.25, -0.2) is 4.79 Å². The van der Waals surface area contributed by atoms with Gasteiger partial charge in [0.15, 0.2) is 0 Å². The van der Waals surface area contributed by atoms with E-state index in [1.165, 1.54) is 6.92 Å². The van der Waals surface area contributed by atoms with E-state index in [0.717, 1.165) is 0 Å². The summed E-state index contributed by atoms with van der Waals surface area (Å²) in [5, 5.41) is 56.4. The molecule has 0 spiro atoms. The predicted molar refractivity (Wildman–Crippen MR) is 94.7 cm³/mol. The molecule has 27 heavy (non-hydrogen) atoms. The molecule has 0 amide bonds. The van der Waals surface area contributed by atoms with Crippen LogP contribution in [-0.2, 0) is 36.0 Å². The summed E-state index contributed by atoms with van der Waals surface area (Å²) in [5.41, 5.74) is 4.88. The maximum absolute atomic E-state index is 9.45. The molecule has 0 aromatic heterocycles. The van der Waals surface area contributed by atoms with Crippen LogP contribution in [0.15, 0.2) is 0 Å². The fourth-order valence-electron chi connectivity index (χ4n) is 0.462. The van der Waals surface area contributed by atoms with Crippen molar-refractivity contribution in [2.75, 3.05) is 59.5 Å². The Bertz CT molecular complexity index is 247. The monoisotopic (exact) mass is 439 g/mol. The van der Waals surface area contributed by atoms with Gasteiger partial charge in [-0.1, -0.05) is 0 Å². The number of aliphatic hydroxyl groups is 6. The molecule has 0 rings (SSSR count). The van der Waals surface area contributed by atoms with Crippen molar-refractivity contribution in [3.05, 3.63) is 0 Å². The molecule has 1 atom stereocenters. The summed E-state index contributed by atoms with van der Waals surface area (Å²) in [6, 6.07) is 0. The van der Waals surface area contributed by atoms with E-state index in [1.807, 2.05) is 0 Å². The Kier molecular flexibility index (Phi) is 42.5. The Labute approximate surface area is 175 Å². The van der Waals surface area contributed by atoms with Gasteiger partial charge in [0.2, 0.25) is 0 Å². The van der Waals surface area contributed by atoms with E-state index in [-0.39, 0.29) is 54.8 Å². The minimum atomic E-state index is -1.23. The molecule has 9 N–H and O–H groups in total. The molecular formula is C15H37NO10Ti. The quantitative estimate of drug-likeness (QED) is 0.128. The average Bonchev–Trinajstić information content (AvgIpc) is 2.57. The van der Waals surface area contributed by atoms with Crippen LogP contribution in [-0.4, -0.2) is 113 Å². The molecule has 0 aromatic carbocycles. The zero-order chi connectivity index (χ0) is 21.4. The molecular weight excluding hydrogens is 402 g/mol. The van der Waals surface area contributed by atoms with E-state index in [0.29, 0.717) is 26.4 Å². The van der Waals surface area contributed by atoms with Crippen molar-refractivity contribution in [3.8, 4) is 0 Å². The van der Waals surface area contributed by atoms with Crippen molar-refractivity contribution in [2.24, 2.45) is 5.73 Å². The van der Waals surface area contributed by atoms with Crippen LogP contribution in [0.25, 0.3) is 0 Å². The summed E-state index contributed by atoms with van der Waals surface area (Å²) in [5.74, 6) is -1.19. The molecule has 0 saturated heterocycles. The number of rotatable bonds is 10. The van der Waals surface area contributed by atoms with Gasteiger partial charge in [0, 0.05) is 27.3 Å². The number of hydrogen-bond acceptors (Lipinski definition) is 10. The number of hydrogen-bond donors (Lipinski definition) is 8. The predicted octanol–water partition coefficient (Wildman–Crippen LogP) is -2.86. The van der Waals surface area contributed by atoms with Gasteiger partial charge in [-0.2, -0.15) is 0 Å². The summed E-state index contributed by atoms with van der Waals surface area (Å²) in [7, 11) is 0. The summed E-state index contributed by atoms with van der Waals surface area (Å²) in [4.78, 5) is 9.45. The second-order valence-electron chi connectivity index (χ2n) is 5.28. The van der Waals surface area contributed by atoms with Gasteiger partial charge in [0.05, 0.1) is 59.5 Å². The first kappa shape index (κ1) is 37.6. The Balaban J connectivity index is -0.0000000789. The minimum Gasteiger partial charge on any atom is -0.479 e. The van der Waals surface area contributed by atoms with E-state index < -0.39 is 17.6 Å². The van der Waals surface area contributed by atoms with Crippen LogP contribution in [0.3, 0.4) is 0 Å². The maximum Gasteiger partial charge on any atom is 0.332 e. The molecule has 11 nitrogen and oxygen atoms in total. The fourth-order valence-corrected chi connectivity index (χ4v) is 0.462. The van der Waals surface area contributed by atoms with E-state index in [1.54, 1.807) is 13.8 Å². The molecule has 0 aliphatic rings. The molecule has 12 heteroatoms. The van der Waals surface area contributed by atoms with Crippen LogP contribution in [0.5, 0.6) is 0 Å². The standard InChI is InChI=1S/C4H11NO.2C4H10O3.C3H6O3.Ti/c1-4(2,5)3-6;2*5-1-3-7-4-2-6;1-2(4)3(5)6;/h6H,3,5H2,1-2H3;2*5-6H,1-4H2;2,4H,1H3,(H,5,6);. The normalized spacial score (nSPS) is 10.6. The van der Waals surface area contributed by atoms with Crippen molar-refractivity contribution in [2.45, 2.75) is 32.4 Å². The van der Waals surface area contributed by atoms with Crippen LogP contribution in [0.1, 0.15) is 20.8 Å². The van der Waals surface area contributed by atoms with Crippen molar-refractivity contribution < 1.29 is 71.7 Å². The first-order valence-corrected chi connectivity index (χ1v) is 7.93. The van der Waals surface area contributed by atoms with Gasteiger partial charge in [-0.05, 0) is 20.8 Å². The molecule has 1 unspecified atom stereocenters. The molecule has 0 radical (unpaired) electrons. The number of aliphatic carboxylic acids is 1. The van der Waals surface area contributed by atoms with Gasteiger partial charge in [-0.15, -0.1) is 0 Å². The Morgan fingerprint density at radius 2 is 1.07 bits per heavy atom. The first-order valence-electron chi connectivity index (χ1n) is 7.93. The van der Waals surface area contributed by atoms with Crippen molar-refractivity contribution in [1.29, 1.82) is 0 Å². The number of carboxylic acids is 1. The zero-order valence-corrected chi connectivity index (χ0v) is 17.9. The van der Waals surface area contributed by atoms with E-state index in [4.69, 9.17) is 41.5 Å². The zero-order valence-electron chi connectivity index (χ0n) is 16.4. The SMILES string of the molecule is CC(C)(N)CO.CC(O)C(=O)O.OCCOCCO.OCCOCCO.[Ti]. The molecule has 0 fully saturated rings. The molecule has 0 aliphatic carbocycles. The van der Waals surface area contributed by atoms with Crippen molar-refractivity contribution in [1.82, 2.24) is 0 Å². The molecule has 0 aliphatic heterocycles. The second-order valence-corrected chi connectivity index (χ2v) is 5.28. The second kappa shape index (κ2) is 30.5. The smallest absolute Gasteiger partial charge is 0.332 e. The molecule has 0 heterocycles. The Morgan fingerprint density at radius 1 is 0.889 bits per heavy atom. The van der Waals surface area contributed by atoms with Crippen LogP contribution in [0, 0.1) is 0 Å². The maximum atomic E-state index is 9.45. The van der Waals surface area contributed by atoms with Crippen LogP contribution < -0.4 is 5.73 Å². The van der Waals surface area contributed by atoms with Gasteiger partial charge in [0.1, 0.15) is 6.10 Å². The summed E-state index contributed by atoms with van der Waals surface area (Å²) >= 11 is 0.